The topological polar surface area (TPSA) is 51.2 Å². The first-order chi connectivity index (χ1) is 10.7. The monoisotopic (exact) mass is 298 g/mol. The summed E-state index contributed by atoms with van der Waals surface area (Å²) in [5.41, 5.74) is 1.59. The Bertz CT molecular complexity index is 658. The van der Waals surface area contributed by atoms with Crippen molar-refractivity contribution in [2.45, 2.75) is 26.2 Å². The van der Waals surface area contributed by atoms with Gasteiger partial charge in [-0.15, -0.1) is 0 Å². The van der Waals surface area contributed by atoms with Crippen LogP contribution in [-0.2, 0) is 4.74 Å². The number of nitrogens with one attached hydrogen (secondary N) is 1. The molecule has 1 amide bonds. The SMILES string of the molecule is CCC1(CNC(=O)c2cccc3cccnc23)CCOCC1. The number of rotatable bonds is 4. The van der Waals surface area contributed by atoms with Crippen molar-refractivity contribution in [3.8, 4) is 0 Å². The van der Waals surface area contributed by atoms with Gasteiger partial charge in [0.25, 0.3) is 5.91 Å². The number of hydrogen-bond donors (Lipinski definition) is 1. The molecule has 0 saturated carbocycles. The summed E-state index contributed by atoms with van der Waals surface area (Å²) in [7, 11) is 0. The normalized spacial score (nSPS) is 17.3. The largest absolute Gasteiger partial charge is 0.381 e. The number of hydrogen-bond acceptors (Lipinski definition) is 3. The van der Waals surface area contributed by atoms with E-state index >= 15 is 0 Å². The Kier molecular flexibility index (Phi) is 4.39. The summed E-state index contributed by atoms with van der Waals surface area (Å²) in [5.74, 6) is -0.0383. The van der Waals surface area contributed by atoms with Crippen molar-refractivity contribution in [1.82, 2.24) is 10.3 Å². The summed E-state index contributed by atoms with van der Waals surface area (Å²) in [4.78, 5) is 16.9. The van der Waals surface area contributed by atoms with Crippen LogP contribution in [-0.4, -0.2) is 30.6 Å². The van der Waals surface area contributed by atoms with Gasteiger partial charge < -0.3 is 10.1 Å². The molecule has 0 radical (unpaired) electrons. The number of fused-ring (bicyclic) bond motifs is 1. The van der Waals surface area contributed by atoms with E-state index in [0.29, 0.717) is 12.1 Å². The minimum Gasteiger partial charge on any atom is -0.381 e. The number of amides is 1. The molecule has 116 valence electrons. The van der Waals surface area contributed by atoms with Gasteiger partial charge in [-0.1, -0.05) is 25.1 Å². The van der Waals surface area contributed by atoms with E-state index in [2.05, 4.69) is 17.2 Å². The van der Waals surface area contributed by atoms with Crippen LogP contribution < -0.4 is 5.32 Å². The third kappa shape index (κ3) is 2.97. The molecular formula is C18H22N2O2. The number of pyridine rings is 1. The smallest absolute Gasteiger partial charge is 0.253 e. The molecule has 1 aliphatic rings. The van der Waals surface area contributed by atoms with Crippen LogP contribution in [0.2, 0.25) is 0 Å². The summed E-state index contributed by atoms with van der Waals surface area (Å²) in [5, 5.41) is 4.11. The highest BCUT2D eigenvalue weighted by Crippen LogP contribution is 2.33. The zero-order valence-electron chi connectivity index (χ0n) is 13.0. The number of para-hydroxylation sites is 1. The summed E-state index contributed by atoms with van der Waals surface area (Å²) in [6, 6.07) is 9.59. The predicted octanol–water partition coefficient (Wildman–Crippen LogP) is 3.17. The molecule has 4 heteroatoms. The predicted molar refractivity (Wildman–Crippen MR) is 86.9 cm³/mol. The van der Waals surface area contributed by atoms with Crippen molar-refractivity contribution < 1.29 is 9.53 Å². The van der Waals surface area contributed by atoms with Gasteiger partial charge in [-0.3, -0.25) is 9.78 Å². The fourth-order valence-electron chi connectivity index (χ4n) is 3.11. The maximum absolute atomic E-state index is 12.6. The summed E-state index contributed by atoms with van der Waals surface area (Å²) in [6.45, 7) is 4.48. The second-order valence-electron chi connectivity index (χ2n) is 6.03. The van der Waals surface area contributed by atoms with Crippen LogP contribution in [0.25, 0.3) is 10.9 Å². The molecule has 1 N–H and O–H groups in total. The number of carbonyl (C=O) groups is 1. The van der Waals surface area contributed by atoms with Crippen molar-refractivity contribution in [1.29, 1.82) is 0 Å². The van der Waals surface area contributed by atoms with Gasteiger partial charge in [0.05, 0.1) is 11.1 Å². The lowest BCUT2D eigenvalue weighted by molar-refractivity contribution is 0.0129. The van der Waals surface area contributed by atoms with E-state index in [-0.39, 0.29) is 11.3 Å². The minimum absolute atomic E-state index is 0.0383. The Labute approximate surface area is 130 Å². The third-order valence-corrected chi connectivity index (χ3v) is 4.80. The minimum atomic E-state index is -0.0383. The van der Waals surface area contributed by atoms with Crippen LogP contribution in [0.5, 0.6) is 0 Å². The Morgan fingerprint density at radius 2 is 2.05 bits per heavy atom. The van der Waals surface area contributed by atoms with Crippen molar-refractivity contribution in [2.75, 3.05) is 19.8 Å². The Morgan fingerprint density at radius 1 is 1.27 bits per heavy atom. The first kappa shape index (κ1) is 15.0. The molecule has 0 bridgehead atoms. The van der Waals surface area contributed by atoms with Gasteiger partial charge in [0.15, 0.2) is 0 Å². The molecule has 2 heterocycles. The van der Waals surface area contributed by atoms with E-state index in [1.54, 1.807) is 6.20 Å². The number of nitrogens with zero attached hydrogens (tertiary/aromatic N) is 1. The average molecular weight is 298 g/mol. The van der Waals surface area contributed by atoms with Gasteiger partial charge in [0.1, 0.15) is 0 Å². The molecule has 0 atom stereocenters. The van der Waals surface area contributed by atoms with E-state index in [4.69, 9.17) is 4.74 Å². The molecule has 1 fully saturated rings. The lowest BCUT2D eigenvalue weighted by Crippen LogP contribution is -2.41. The van der Waals surface area contributed by atoms with Crippen molar-refractivity contribution in [2.24, 2.45) is 5.41 Å². The Morgan fingerprint density at radius 3 is 2.82 bits per heavy atom. The molecule has 4 nitrogen and oxygen atoms in total. The quantitative estimate of drug-likeness (QED) is 0.943. The molecule has 1 aromatic heterocycles. The first-order valence-corrected chi connectivity index (χ1v) is 7.94. The van der Waals surface area contributed by atoms with Gasteiger partial charge in [0, 0.05) is 31.3 Å². The molecule has 0 aliphatic carbocycles. The molecular weight excluding hydrogens is 276 g/mol. The van der Waals surface area contributed by atoms with Crippen molar-refractivity contribution in [3.05, 3.63) is 42.1 Å². The second kappa shape index (κ2) is 6.44. The van der Waals surface area contributed by atoms with E-state index in [1.807, 2.05) is 30.3 Å². The van der Waals surface area contributed by atoms with E-state index < -0.39 is 0 Å². The highest BCUT2D eigenvalue weighted by molar-refractivity contribution is 6.05. The number of aromatic nitrogens is 1. The summed E-state index contributed by atoms with van der Waals surface area (Å²) in [6.07, 6.45) is 4.81. The van der Waals surface area contributed by atoms with Crippen LogP contribution in [0, 0.1) is 5.41 Å². The highest BCUT2D eigenvalue weighted by atomic mass is 16.5. The van der Waals surface area contributed by atoms with Gasteiger partial charge >= 0.3 is 0 Å². The van der Waals surface area contributed by atoms with Gasteiger partial charge in [-0.05, 0) is 36.8 Å². The number of carbonyl (C=O) groups excluding carboxylic acids is 1. The number of ether oxygens (including phenoxy) is 1. The maximum Gasteiger partial charge on any atom is 0.253 e. The average Bonchev–Trinajstić information content (AvgIpc) is 2.60. The molecule has 22 heavy (non-hydrogen) atoms. The lowest BCUT2D eigenvalue weighted by Gasteiger charge is -2.36. The van der Waals surface area contributed by atoms with Gasteiger partial charge in [0.2, 0.25) is 0 Å². The number of benzene rings is 1. The highest BCUT2D eigenvalue weighted by Gasteiger charge is 2.31. The van der Waals surface area contributed by atoms with Crippen LogP contribution >= 0.6 is 0 Å². The van der Waals surface area contributed by atoms with Gasteiger partial charge in [-0.2, -0.15) is 0 Å². The first-order valence-electron chi connectivity index (χ1n) is 7.94. The zero-order chi connectivity index (χ0) is 15.4. The summed E-state index contributed by atoms with van der Waals surface area (Å²) >= 11 is 0. The molecule has 1 aliphatic heterocycles. The van der Waals surface area contributed by atoms with Crippen LogP contribution in [0.3, 0.4) is 0 Å². The fraction of sp³-hybridized carbons (Fsp3) is 0.444. The Balaban J connectivity index is 1.76. The van der Waals surface area contributed by atoms with E-state index in [0.717, 1.165) is 43.4 Å². The maximum atomic E-state index is 12.6. The van der Waals surface area contributed by atoms with Crippen LogP contribution in [0.4, 0.5) is 0 Å². The van der Waals surface area contributed by atoms with E-state index in [1.165, 1.54) is 0 Å². The lowest BCUT2D eigenvalue weighted by atomic mass is 9.78. The van der Waals surface area contributed by atoms with Gasteiger partial charge in [-0.25, -0.2) is 0 Å². The standard InChI is InChI=1S/C18H22N2O2/c1-2-18(8-11-22-12-9-18)13-20-17(21)15-7-3-5-14-6-4-10-19-16(14)15/h3-7,10H,2,8-9,11-13H2,1H3,(H,20,21). The molecule has 2 aromatic rings. The third-order valence-electron chi connectivity index (χ3n) is 4.80. The fourth-order valence-corrected chi connectivity index (χ4v) is 3.11. The zero-order valence-corrected chi connectivity index (χ0v) is 13.0. The van der Waals surface area contributed by atoms with Crippen LogP contribution in [0.1, 0.15) is 36.5 Å². The van der Waals surface area contributed by atoms with Crippen LogP contribution in [0.15, 0.2) is 36.5 Å². The Hall–Kier alpha value is -1.94. The molecule has 3 rings (SSSR count). The van der Waals surface area contributed by atoms with Crippen molar-refractivity contribution in [3.63, 3.8) is 0 Å². The molecule has 0 unspecified atom stereocenters. The summed E-state index contributed by atoms with van der Waals surface area (Å²) < 4.78 is 5.45. The van der Waals surface area contributed by atoms with E-state index in [9.17, 15) is 4.79 Å². The molecule has 1 aromatic carbocycles. The second-order valence-corrected chi connectivity index (χ2v) is 6.03. The molecule has 0 spiro atoms. The molecule has 1 saturated heterocycles. The van der Waals surface area contributed by atoms with Crippen molar-refractivity contribution >= 4 is 16.8 Å².